The van der Waals surface area contributed by atoms with E-state index in [1.807, 2.05) is 55.1 Å². The molecule has 320 valence electrons. The van der Waals surface area contributed by atoms with Gasteiger partial charge < -0.3 is 29.7 Å². The summed E-state index contributed by atoms with van der Waals surface area (Å²) in [6.07, 6.45) is 4.32. The van der Waals surface area contributed by atoms with Crippen molar-refractivity contribution in [3.05, 3.63) is 64.3 Å². The van der Waals surface area contributed by atoms with Gasteiger partial charge in [0.2, 0.25) is 17.6 Å². The van der Waals surface area contributed by atoms with Crippen molar-refractivity contribution < 1.29 is 23.1 Å². The van der Waals surface area contributed by atoms with Crippen molar-refractivity contribution in [1.82, 2.24) is 34.5 Å². The molecule has 61 heavy (non-hydrogen) atoms. The zero-order chi connectivity index (χ0) is 42.2. The number of ether oxygens (including phenoxy) is 1. The van der Waals surface area contributed by atoms with Crippen LogP contribution < -0.4 is 36.0 Å². The number of benzene rings is 2. The van der Waals surface area contributed by atoms with Gasteiger partial charge in [-0.25, -0.2) is 18.7 Å². The first kappa shape index (κ1) is 39.3. The van der Waals surface area contributed by atoms with Crippen LogP contribution in [0.2, 0.25) is 0 Å². The minimum atomic E-state index is -3.11. The number of halogens is 2. The molecule has 15 nitrogen and oxygen atoms in total. The highest BCUT2D eigenvalue weighted by Crippen LogP contribution is 2.46. The summed E-state index contributed by atoms with van der Waals surface area (Å²) >= 11 is 0. The zero-order valence-electron chi connectivity index (χ0n) is 34.7. The van der Waals surface area contributed by atoms with Crippen molar-refractivity contribution in [2.24, 2.45) is 25.9 Å². The van der Waals surface area contributed by atoms with Gasteiger partial charge in [0.05, 0.1) is 40.1 Å². The maximum absolute atomic E-state index is 15.2. The summed E-state index contributed by atoms with van der Waals surface area (Å²) in [5.41, 5.74) is 4.04. The lowest BCUT2D eigenvalue weighted by molar-refractivity contribution is -0.134. The topological polar surface area (TPSA) is 155 Å². The Morgan fingerprint density at radius 2 is 1.69 bits per heavy atom. The van der Waals surface area contributed by atoms with Gasteiger partial charge >= 0.3 is 5.92 Å². The Labute approximate surface area is 351 Å². The Kier molecular flexibility index (Phi) is 9.83. The van der Waals surface area contributed by atoms with Gasteiger partial charge in [-0.3, -0.25) is 29.3 Å². The van der Waals surface area contributed by atoms with Crippen LogP contribution in [0.1, 0.15) is 56.0 Å². The molecule has 4 aliphatic heterocycles. The van der Waals surface area contributed by atoms with Crippen molar-refractivity contribution >= 4 is 62.3 Å². The lowest BCUT2D eigenvalue weighted by atomic mass is 9.92. The van der Waals surface area contributed by atoms with Crippen LogP contribution in [0.15, 0.2) is 47.3 Å². The molecule has 3 aromatic heterocycles. The fourth-order valence-corrected chi connectivity index (χ4v) is 9.90. The van der Waals surface area contributed by atoms with Gasteiger partial charge in [-0.15, -0.1) is 0 Å². The number of aryl methyl sites for hydroxylation is 3. The second-order valence-electron chi connectivity index (χ2n) is 17.5. The highest BCUT2D eigenvalue weighted by atomic mass is 19.3. The second kappa shape index (κ2) is 15.3. The average Bonchev–Trinajstić information content (AvgIpc) is 4.04. The molecule has 0 bridgehead atoms. The summed E-state index contributed by atoms with van der Waals surface area (Å²) < 4.78 is 39.2. The number of anilines is 5. The number of pyridine rings is 1. The van der Waals surface area contributed by atoms with Crippen LogP contribution in [0.4, 0.5) is 37.5 Å². The molecule has 5 aromatic rings. The summed E-state index contributed by atoms with van der Waals surface area (Å²) in [4.78, 5) is 54.6. The van der Waals surface area contributed by atoms with Crippen LogP contribution >= 0.6 is 0 Å². The number of aromatic nitrogens is 5. The fourth-order valence-electron chi connectivity index (χ4n) is 9.90. The van der Waals surface area contributed by atoms with E-state index in [-0.39, 0.29) is 23.5 Å². The lowest BCUT2D eigenvalue weighted by Gasteiger charge is -2.40. The summed E-state index contributed by atoms with van der Waals surface area (Å²) in [7, 11) is 3.56. The molecule has 2 amide bonds. The van der Waals surface area contributed by atoms with E-state index in [9.17, 15) is 14.4 Å². The highest BCUT2D eigenvalue weighted by molar-refractivity contribution is 6.04. The Morgan fingerprint density at radius 3 is 2.44 bits per heavy atom. The smallest absolute Gasteiger partial charge is 0.301 e. The van der Waals surface area contributed by atoms with Crippen LogP contribution in [0.5, 0.6) is 5.75 Å². The SMILES string of the molecule is Cc1nc(Nc2ccc3c(c2)c2c(c(=O)n3C)OCC(F)(F)[C@H](C3CC3)N2)cc(N2CCC(CN3CCN(c4cccc5c(C6CCC(=O)NC6=O)nn(C)c45)CC3)CC2)n1. The molecule has 3 saturated heterocycles. The predicted octanol–water partition coefficient (Wildman–Crippen LogP) is 5.04. The summed E-state index contributed by atoms with van der Waals surface area (Å²) in [6, 6.07) is 12.6. The van der Waals surface area contributed by atoms with E-state index < -0.39 is 30.0 Å². The average molecular weight is 836 g/mol. The van der Waals surface area contributed by atoms with E-state index in [1.165, 1.54) is 4.57 Å². The van der Waals surface area contributed by atoms with Crippen LogP contribution in [0, 0.1) is 18.8 Å². The molecule has 4 fully saturated rings. The number of nitrogens with one attached hydrogen (secondary N) is 3. The van der Waals surface area contributed by atoms with Crippen LogP contribution in [0.25, 0.3) is 21.8 Å². The molecule has 17 heteroatoms. The minimum Gasteiger partial charge on any atom is -0.480 e. The van der Waals surface area contributed by atoms with Crippen LogP contribution in [-0.2, 0) is 23.7 Å². The highest BCUT2D eigenvalue weighted by Gasteiger charge is 2.51. The van der Waals surface area contributed by atoms with E-state index in [2.05, 4.69) is 41.7 Å². The molecule has 10 rings (SSSR count). The van der Waals surface area contributed by atoms with Gasteiger partial charge in [0, 0.05) is 88.9 Å². The number of rotatable bonds is 8. The summed E-state index contributed by atoms with van der Waals surface area (Å²) in [5, 5.41) is 15.3. The lowest BCUT2D eigenvalue weighted by Crippen LogP contribution is -2.49. The fraction of sp³-hybridized carbons (Fsp3) is 0.500. The Morgan fingerprint density at radius 1 is 0.902 bits per heavy atom. The summed E-state index contributed by atoms with van der Waals surface area (Å²) in [5.74, 6) is -1.60. The van der Waals surface area contributed by atoms with Gasteiger partial charge in [0.15, 0.2) is 6.61 Å². The Hall–Kier alpha value is -5.84. The minimum absolute atomic E-state index is 0.0807. The van der Waals surface area contributed by atoms with Crippen molar-refractivity contribution in [2.45, 2.75) is 63.3 Å². The van der Waals surface area contributed by atoms with Crippen LogP contribution in [0.3, 0.4) is 0 Å². The number of hydrogen-bond acceptors (Lipinski definition) is 12. The Balaban J connectivity index is 0.777. The number of alkyl halides is 2. The first-order valence-corrected chi connectivity index (χ1v) is 21.5. The van der Waals surface area contributed by atoms with Crippen molar-refractivity contribution in [2.75, 3.05) is 72.9 Å². The third-order valence-corrected chi connectivity index (χ3v) is 13.3. The molecule has 2 aromatic carbocycles. The van der Waals surface area contributed by atoms with Gasteiger partial charge in [-0.1, -0.05) is 12.1 Å². The molecule has 5 aliphatic rings. The van der Waals surface area contributed by atoms with E-state index in [0.29, 0.717) is 65.5 Å². The van der Waals surface area contributed by atoms with E-state index in [1.54, 1.807) is 7.05 Å². The van der Waals surface area contributed by atoms with Crippen LogP contribution in [-0.4, -0.2) is 105 Å². The predicted molar refractivity (Wildman–Crippen MR) is 229 cm³/mol. The molecular weight excluding hydrogens is 785 g/mol. The monoisotopic (exact) mass is 835 g/mol. The molecule has 7 heterocycles. The number of nitrogens with zero attached hydrogens (tertiary/aromatic N) is 8. The molecule has 0 radical (unpaired) electrons. The van der Waals surface area contributed by atoms with Crippen molar-refractivity contribution in [3.63, 3.8) is 0 Å². The number of hydrogen-bond donors (Lipinski definition) is 3. The molecule has 3 N–H and O–H groups in total. The number of piperazine rings is 1. The molecule has 1 aliphatic carbocycles. The number of para-hydroxylation sites is 1. The Bertz CT molecular complexity index is 2610. The van der Waals surface area contributed by atoms with E-state index in [4.69, 9.17) is 14.8 Å². The number of fused-ring (bicyclic) bond motifs is 4. The number of imide groups is 1. The quantitative estimate of drug-likeness (QED) is 0.180. The van der Waals surface area contributed by atoms with Gasteiger partial charge in [0.1, 0.15) is 17.5 Å². The van der Waals surface area contributed by atoms with Gasteiger partial charge in [-0.2, -0.15) is 5.10 Å². The van der Waals surface area contributed by atoms with Gasteiger partial charge in [0.25, 0.3) is 5.56 Å². The maximum atomic E-state index is 15.2. The molecule has 1 unspecified atom stereocenters. The van der Waals surface area contributed by atoms with Crippen molar-refractivity contribution in [3.8, 4) is 5.75 Å². The summed E-state index contributed by atoms with van der Waals surface area (Å²) in [6.45, 7) is 7.55. The first-order valence-electron chi connectivity index (χ1n) is 21.5. The largest absolute Gasteiger partial charge is 0.480 e. The number of carbonyl (C=O) groups is 2. The van der Waals surface area contributed by atoms with Gasteiger partial charge in [-0.05, 0) is 75.1 Å². The number of amides is 2. The third kappa shape index (κ3) is 7.39. The number of carbonyl (C=O) groups excluding carboxylic acids is 2. The normalized spacial score (nSPS) is 22.4. The zero-order valence-corrected chi connectivity index (χ0v) is 34.7. The van der Waals surface area contributed by atoms with Crippen molar-refractivity contribution in [1.29, 1.82) is 0 Å². The molecule has 1 saturated carbocycles. The van der Waals surface area contributed by atoms with E-state index >= 15 is 8.78 Å². The van der Waals surface area contributed by atoms with E-state index in [0.717, 1.165) is 86.8 Å². The number of piperidine rings is 2. The second-order valence-corrected chi connectivity index (χ2v) is 17.5. The molecule has 0 spiro atoms. The molecular formula is C44H51F2N11O4. The third-order valence-electron chi connectivity index (χ3n) is 13.3. The standard InChI is InChI=1S/C44H51F2N11O4/c1-25-47-34(49-28-9-11-32-31(21-28)38-40(43(60)53(32)2)61-24-44(45,46)41(51-38)27-7-8-27)22-35(48-25)57-15-13-26(14-16-57)23-55-17-19-56(20-18-55)33-6-4-5-29-37(52-54(3)39(29)33)30-10-12-36(58)50-42(30)59/h4-6,9,11,21-22,26-27,30,41,51H,7-8,10,12-20,23-24H2,1-3H3,(H,47,48,49)(H,50,58,59)/t30?,41-/m0/s1. The molecule has 2 atom stereocenters. The first-order chi connectivity index (χ1) is 29.4. The maximum Gasteiger partial charge on any atom is 0.301 e.